The zero-order chi connectivity index (χ0) is 13.1. The number of rotatable bonds is 3. The van der Waals surface area contributed by atoms with Gasteiger partial charge in [-0.05, 0) is 42.6 Å². The van der Waals surface area contributed by atoms with E-state index in [-0.39, 0.29) is 0 Å². The Hall–Kier alpha value is -1.02. The van der Waals surface area contributed by atoms with Gasteiger partial charge >= 0.3 is 0 Å². The van der Waals surface area contributed by atoms with E-state index < -0.39 is 0 Å². The standard InChI is InChI=1S/C16H26N2/c1-5-14-12-15(6-7-16(14)13(2)3)18-10-8-17(4)9-11-18/h6-7,12-13H,5,8-11H2,1-4H3. The van der Waals surface area contributed by atoms with Gasteiger partial charge in [-0.1, -0.05) is 26.8 Å². The fourth-order valence-electron chi connectivity index (χ4n) is 2.72. The summed E-state index contributed by atoms with van der Waals surface area (Å²) in [6.07, 6.45) is 1.13. The Morgan fingerprint density at radius 3 is 2.33 bits per heavy atom. The SMILES string of the molecule is CCc1cc(N2CCN(C)CC2)ccc1C(C)C. The van der Waals surface area contributed by atoms with Crippen molar-refractivity contribution in [1.82, 2.24) is 4.90 Å². The molecule has 0 radical (unpaired) electrons. The van der Waals surface area contributed by atoms with Gasteiger partial charge in [0.1, 0.15) is 0 Å². The molecule has 0 unspecified atom stereocenters. The summed E-state index contributed by atoms with van der Waals surface area (Å²) in [6, 6.07) is 7.04. The van der Waals surface area contributed by atoms with Gasteiger partial charge in [-0.25, -0.2) is 0 Å². The lowest BCUT2D eigenvalue weighted by molar-refractivity contribution is 0.313. The fourth-order valence-corrected chi connectivity index (χ4v) is 2.72. The minimum Gasteiger partial charge on any atom is -0.369 e. The molecule has 18 heavy (non-hydrogen) atoms. The van der Waals surface area contributed by atoms with Crippen molar-refractivity contribution in [1.29, 1.82) is 0 Å². The molecule has 0 aliphatic carbocycles. The Balaban J connectivity index is 2.19. The first-order valence-corrected chi connectivity index (χ1v) is 7.18. The van der Waals surface area contributed by atoms with Crippen LogP contribution in [0.2, 0.25) is 0 Å². The van der Waals surface area contributed by atoms with Gasteiger partial charge in [0.15, 0.2) is 0 Å². The molecule has 1 heterocycles. The van der Waals surface area contributed by atoms with Gasteiger partial charge in [-0.15, -0.1) is 0 Å². The molecule has 0 N–H and O–H groups in total. The first-order chi connectivity index (χ1) is 8.61. The molecule has 1 saturated heterocycles. The van der Waals surface area contributed by atoms with Crippen LogP contribution in [0.25, 0.3) is 0 Å². The summed E-state index contributed by atoms with van der Waals surface area (Å²) in [5.41, 5.74) is 4.43. The van der Waals surface area contributed by atoms with Crippen LogP contribution in [0.1, 0.15) is 37.8 Å². The highest BCUT2D eigenvalue weighted by molar-refractivity contribution is 5.52. The topological polar surface area (TPSA) is 6.48 Å². The van der Waals surface area contributed by atoms with Gasteiger partial charge in [0.2, 0.25) is 0 Å². The van der Waals surface area contributed by atoms with Gasteiger partial charge < -0.3 is 9.80 Å². The highest BCUT2D eigenvalue weighted by atomic mass is 15.2. The van der Waals surface area contributed by atoms with Crippen LogP contribution in [-0.4, -0.2) is 38.1 Å². The molecule has 2 rings (SSSR count). The van der Waals surface area contributed by atoms with Crippen molar-refractivity contribution in [2.75, 3.05) is 38.1 Å². The molecule has 0 spiro atoms. The van der Waals surface area contributed by atoms with Crippen LogP contribution in [0, 0.1) is 0 Å². The minimum atomic E-state index is 0.626. The van der Waals surface area contributed by atoms with Gasteiger partial charge in [0, 0.05) is 31.9 Å². The number of likely N-dealkylation sites (N-methyl/N-ethyl adjacent to an activating group) is 1. The zero-order valence-electron chi connectivity index (χ0n) is 12.2. The van der Waals surface area contributed by atoms with Crippen molar-refractivity contribution in [3.63, 3.8) is 0 Å². The molecular weight excluding hydrogens is 220 g/mol. The summed E-state index contributed by atoms with van der Waals surface area (Å²) in [5.74, 6) is 0.626. The van der Waals surface area contributed by atoms with Gasteiger partial charge in [-0.2, -0.15) is 0 Å². The van der Waals surface area contributed by atoms with Crippen LogP contribution in [0.15, 0.2) is 18.2 Å². The van der Waals surface area contributed by atoms with Crippen LogP contribution in [-0.2, 0) is 6.42 Å². The summed E-state index contributed by atoms with van der Waals surface area (Å²) < 4.78 is 0. The van der Waals surface area contributed by atoms with Gasteiger partial charge in [-0.3, -0.25) is 0 Å². The van der Waals surface area contributed by atoms with Crippen LogP contribution in [0.5, 0.6) is 0 Å². The van der Waals surface area contributed by atoms with Crippen LogP contribution in [0.3, 0.4) is 0 Å². The van der Waals surface area contributed by atoms with Crippen molar-refractivity contribution >= 4 is 5.69 Å². The fraction of sp³-hybridized carbons (Fsp3) is 0.625. The number of aryl methyl sites for hydroxylation is 1. The van der Waals surface area contributed by atoms with Crippen molar-refractivity contribution in [2.45, 2.75) is 33.1 Å². The third kappa shape index (κ3) is 2.86. The van der Waals surface area contributed by atoms with E-state index in [0.717, 1.165) is 19.5 Å². The first-order valence-electron chi connectivity index (χ1n) is 7.18. The maximum absolute atomic E-state index is 2.52. The Labute approximate surface area is 112 Å². The van der Waals surface area contributed by atoms with E-state index in [1.165, 1.54) is 29.9 Å². The van der Waals surface area contributed by atoms with E-state index in [4.69, 9.17) is 0 Å². The Bertz CT molecular complexity index is 390. The van der Waals surface area contributed by atoms with Crippen molar-refractivity contribution in [3.05, 3.63) is 29.3 Å². The van der Waals surface area contributed by atoms with E-state index in [9.17, 15) is 0 Å². The molecule has 0 saturated carbocycles. The molecule has 1 aliphatic heterocycles. The Kier molecular flexibility index (Phi) is 4.28. The maximum Gasteiger partial charge on any atom is 0.0370 e. The third-order valence-electron chi connectivity index (χ3n) is 4.00. The van der Waals surface area contributed by atoms with Crippen molar-refractivity contribution < 1.29 is 0 Å². The summed E-state index contributed by atoms with van der Waals surface area (Å²) in [5, 5.41) is 0. The third-order valence-corrected chi connectivity index (χ3v) is 4.00. The molecule has 100 valence electrons. The lowest BCUT2D eigenvalue weighted by atomic mass is 9.95. The second kappa shape index (κ2) is 5.75. The second-order valence-corrected chi connectivity index (χ2v) is 5.68. The molecule has 1 fully saturated rings. The highest BCUT2D eigenvalue weighted by Gasteiger charge is 2.15. The summed E-state index contributed by atoms with van der Waals surface area (Å²) >= 11 is 0. The zero-order valence-corrected chi connectivity index (χ0v) is 12.2. The average Bonchev–Trinajstić information content (AvgIpc) is 2.38. The van der Waals surface area contributed by atoms with Crippen LogP contribution >= 0.6 is 0 Å². The van der Waals surface area contributed by atoms with Gasteiger partial charge in [0.25, 0.3) is 0 Å². The predicted octanol–water partition coefficient (Wildman–Crippen LogP) is 3.12. The number of benzene rings is 1. The molecule has 1 aliphatic rings. The van der Waals surface area contributed by atoms with E-state index in [1.54, 1.807) is 0 Å². The molecule has 0 bridgehead atoms. The number of hydrogen-bond acceptors (Lipinski definition) is 2. The van der Waals surface area contributed by atoms with E-state index >= 15 is 0 Å². The molecule has 1 aromatic carbocycles. The molecular formula is C16H26N2. The number of nitrogens with zero attached hydrogens (tertiary/aromatic N) is 2. The second-order valence-electron chi connectivity index (χ2n) is 5.68. The molecule has 0 atom stereocenters. The Morgan fingerprint density at radius 1 is 1.11 bits per heavy atom. The van der Waals surface area contributed by atoms with Crippen molar-refractivity contribution in [3.8, 4) is 0 Å². The van der Waals surface area contributed by atoms with Gasteiger partial charge in [0.05, 0.1) is 0 Å². The molecule has 2 nitrogen and oxygen atoms in total. The summed E-state index contributed by atoms with van der Waals surface area (Å²) in [7, 11) is 2.21. The molecule has 2 heteroatoms. The maximum atomic E-state index is 2.52. The summed E-state index contributed by atoms with van der Waals surface area (Å²) in [6.45, 7) is 11.5. The van der Waals surface area contributed by atoms with Crippen LogP contribution < -0.4 is 4.90 Å². The summed E-state index contributed by atoms with van der Waals surface area (Å²) in [4.78, 5) is 4.92. The van der Waals surface area contributed by atoms with Crippen molar-refractivity contribution in [2.24, 2.45) is 0 Å². The highest BCUT2D eigenvalue weighted by Crippen LogP contribution is 2.26. The Morgan fingerprint density at radius 2 is 1.78 bits per heavy atom. The molecule has 1 aromatic rings. The van der Waals surface area contributed by atoms with E-state index in [0.29, 0.717) is 5.92 Å². The lowest BCUT2D eigenvalue weighted by Gasteiger charge is -2.34. The molecule has 0 aromatic heterocycles. The minimum absolute atomic E-state index is 0.626. The molecule has 0 amide bonds. The van der Waals surface area contributed by atoms with Crippen LogP contribution in [0.4, 0.5) is 5.69 Å². The van der Waals surface area contributed by atoms with E-state index in [2.05, 4.69) is 55.8 Å². The number of hydrogen-bond donors (Lipinski definition) is 0. The normalized spacial score (nSPS) is 17.5. The number of anilines is 1. The smallest absolute Gasteiger partial charge is 0.0370 e. The van der Waals surface area contributed by atoms with E-state index in [1.807, 2.05) is 0 Å². The largest absolute Gasteiger partial charge is 0.369 e. The number of piperazine rings is 1. The monoisotopic (exact) mass is 246 g/mol. The average molecular weight is 246 g/mol. The lowest BCUT2D eigenvalue weighted by Crippen LogP contribution is -2.44. The first kappa shape index (κ1) is 13.4. The quantitative estimate of drug-likeness (QED) is 0.808. The predicted molar refractivity (Wildman–Crippen MR) is 79.6 cm³/mol.